The largest absolute Gasteiger partial charge is 0.478 e. The SMILES string of the molecule is Cc1ccc(-n2cc[nH]c2=O)cc1C(=O)O. The Hall–Kier alpha value is -2.30. The number of nitrogens with zero attached hydrogens (tertiary/aromatic N) is 1. The average molecular weight is 218 g/mol. The maximum Gasteiger partial charge on any atom is 0.336 e. The molecule has 2 N–H and O–H groups in total. The molecule has 0 spiro atoms. The molecule has 0 unspecified atom stereocenters. The number of aromatic amines is 1. The predicted octanol–water partition coefficient (Wildman–Crippen LogP) is 1.17. The number of carbonyl (C=O) groups is 1. The predicted molar refractivity (Wildman–Crippen MR) is 58.1 cm³/mol. The second kappa shape index (κ2) is 3.69. The first-order valence-electron chi connectivity index (χ1n) is 4.70. The van der Waals surface area contributed by atoms with E-state index in [-0.39, 0.29) is 11.3 Å². The van der Waals surface area contributed by atoms with Crippen LogP contribution in [0.2, 0.25) is 0 Å². The van der Waals surface area contributed by atoms with Crippen LogP contribution in [0.5, 0.6) is 0 Å². The number of hydrogen-bond donors (Lipinski definition) is 2. The Morgan fingerprint density at radius 2 is 2.19 bits per heavy atom. The van der Waals surface area contributed by atoms with Crippen LogP contribution in [0, 0.1) is 6.92 Å². The third kappa shape index (κ3) is 1.63. The number of H-pyrrole nitrogens is 1. The summed E-state index contributed by atoms with van der Waals surface area (Å²) in [6.07, 6.45) is 3.06. The summed E-state index contributed by atoms with van der Waals surface area (Å²) in [7, 11) is 0. The van der Waals surface area contributed by atoms with Crippen LogP contribution >= 0.6 is 0 Å². The molecular formula is C11H10N2O3. The Balaban J connectivity index is 2.61. The number of carboxylic acid groups (broad SMARTS) is 1. The number of aromatic nitrogens is 2. The summed E-state index contributed by atoms with van der Waals surface area (Å²) < 4.78 is 1.35. The number of benzene rings is 1. The maximum absolute atomic E-state index is 11.3. The summed E-state index contributed by atoms with van der Waals surface area (Å²) in [6.45, 7) is 1.72. The highest BCUT2D eigenvalue weighted by molar-refractivity contribution is 5.90. The molecule has 1 aromatic carbocycles. The van der Waals surface area contributed by atoms with Crippen molar-refractivity contribution in [2.75, 3.05) is 0 Å². The van der Waals surface area contributed by atoms with Crippen LogP contribution in [0.3, 0.4) is 0 Å². The molecule has 1 heterocycles. The Labute approximate surface area is 91.0 Å². The molecule has 82 valence electrons. The lowest BCUT2D eigenvalue weighted by atomic mass is 10.1. The third-order valence-corrected chi connectivity index (χ3v) is 2.38. The lowest BCUT2D eigenvalue weighted by Gasteiger charge is -2.05. The zero-order valence-electron chi connectivity index (χ0n) is 8.60. The topological polar surface area (TPSA) is 75.1 Å². The molecule has 0 fully saturated rings. The lowest BCUT2D eigenvalue weighted by molar-refractivity contribution is 0.0696. The molecule has 0 aliphatic heterocycles. The summed E-state index contributed by atoms with van der Waals surface area (Å²) >= 11 is 0. The van der Waals surface area contributed by atoms with E-state index in [1.165, 1.54) is 16.8 Å². The van der Waals surface area contributed by atoms with Crippen LogP contribution < -0.4 is 5.69 Å². The molecule has 0 bridgehead atoms. The molecule has 2 rings (SSSR count). The molecular weight excluding hydrogens is 208 g/mol. The second-order valence-electron chi connectivity index (χ2n) is 3.44. The molecule has 5 nitrogen and oxygen atoms in total. The van der Waals surface area contributed by atoms with E-state index in [0.29, 0.717) is 11.3 Å². The number of rotatable bonds is 2. The van der Waals surface area contributed by atoms with E-state index in [9.17, 15) is 9.59 Å². The first-order chi connectivity index (χ1) is 7.59. The van der Waals surface area contributed by atoms with Gasteiger partial charge in [-0.2, -0.15) is 0 Å². The van der Waals surface area contributed by atoms with Crippen LogP contribution in [-0.4, -0.2) is 20.6 Å². The molecule has 5 heteroatoms. The molecule has 16 heavy (non-hydrogen) atoms. The van der Waals surface area contributed by atoms with Crippen molar-refractivity contribution in [1.82, 2.24) is 9.55 Å². The van der Waals surface area contributed by atoms with Crippen molar-refractivity contribution in [3.63, 3.8) is 0 Å². The average Bonchev–Trinajstić information content (AvgIpc) is 2.65. The highest BCUT2D eigenvalue weighted by Gasteiger charge is 2.09. The van der Waals surface area contributed by atoms with Gasteiger partial charge >= 0.3 is 11.7 Å². The second-order valence-corrected chi connectivity index (χ2v) is 3.44. The van der Waals surface area contributed by atoms with Gasteiger partial charge in [0.25, 0.3) is 0 Å². The number of imidazole rings is 1. The number of nitrogens with one attached hydrogen (secondary N) is 1. The fourth-order valence-electron chi connectivity index (χ4n) is 1.51. The van der Waals surface area contributed by atoms with E-state index in [4.69, 9.17) is 5.11 Å². The van der Waals surface area contributed by atoms with Crippen LogP contribution in [0.15, 0.2) is 35.4 Å². The van der Waals surface area contributed by atoms with Gasteiger partial charge in [0, 0.05) is 12.4 Å². The zero-order chi connectivity index (χ0) is 11.7. The minimum absolute atomic E-state index is 0.200. The fourth-order valence-corrected chi connectivity index (χ4v) is 1.51. The highest BCUT2D eigenvalue weighted by Crippen LogP contribution is 2.13. The Morgan fingerprint density at radius 1 is 1.44 bits per heavy atom. The van der Waals surface area contributed by atoms with Gasteiger partial charge in [-0.15, -0.1) is 0 Å². The molecule has 0 aliphatic rings. The smallest absolute Gasteiger partial charge is 0.336 e. The first kappa shape index (κ1) is 10.2. The number of aryl methyl sites for hydroxylation is 1. The van der Waals surface area contributed by atoms with Gasteiger partial charge < -0.3 is 10.1 Å². The van der Waals surface area contributed by atoms with Crippen LogP contribution in [-0.2, 0) is 0 Å². The Kier molecular flexibility index (Phi) is 2.36. The van der Waals surface area contributed by atoms with Crippen LogP contribution in [0.1, 0.15) is 15.9 Å². The quantitative estimate of drug-likeness (QED) is 0.794. The van der Waals surface area contributed by atoms with Crippen molar-refractivity contribution in [3.05, 3.63) is 52.2 Å². The highest BCUT2D eigenvalue weighted by atomic mass is 16.4. The van der Waals surface area contributed by atoms with E-state index < -0.39 is 5.97 Å². The monoisotopic (exact) mass is 218 g/mol. The standard InChI is InChI=1S/C11H10N2O3/c1-7-2-3-8(6-9(7)10(14)15)13-5-4-12-11(13)16/h2-6H,1H3,(H,12,16)(H,14,15). The van der Waals surface area contributed by atoms with Crippen molar-refractivity contribution in [2.45, 2.75) is 6.92 Å². The minimum atomic E-state index is -0.997. The van der Waals surface area contributed by atoms with Gasteiger partial charge in [-0.25, -0.2) is 9.59 Å². The van der Waals surface area contributed by atoms with E-state index in [0.717, 1.165) is 0 Å². The van der Waals surface area contributed by atoms with Crippen LogP contribution in [0.4, 0.5) is 0 Å². The van der Waals surface area contributed by atoms with Crippen molar-refractivity contribution in [3.8, 4) is 5.69 Å². The van der Waals surface area contributed by atoms with Crippen LogP contribution in [0.25, 0.3) is 5.69 Å². The summed E-state index contributed by atoms with van der Waals surface area (Å²) in [5, 5.41) is 8.96. The van der Waals surface area contributed by atoms with E-state index >= 15 is 0 Å². The minimum Gasteiger partial charge on any atom is -0.478 e. The number of carboxylic acids is 1. The molecule has 0 amide bonds. The third-order valence-electron chi connectivity index (χ3n) is 2.38. The Morgan fingerprint density at radius 3 is 2.75 bits per heavy atom. The molecule has 0 saturated carbocycles. The summed E-state index contributed by atoms with van der Waals surface area (Å²) in [5.41, 5.74) is 1.11. The van der Waals surface area contributed by atoms with Crippen molar-refractivity contribution < 1.29 is 9.90 Å². The number of aromatic carboxylic acids is 1. The summed E-state index contributed by atoms with van der Waals surface area (Å²) in [4.78, 5) is 24.8. The van der Waals surface area contributed by atoms with Gasteiger partial charge in [0.1, 0.15) is 0 Å². The Bertz CT molecular complexity index is 595. The van der Waals surface area contributed by atoms with Gasteiger partial charge in [-0.1, -0.05) is 6.07 Å². The summed E-state index contributed by atoms with van der Waals surface area (Å²) in [6, 6.07) is 4.86. The zero-order valence-corrected chi connectivity index (χ0v) is 8.60. The number of hydrogen-bond acceptors (Lipinski definition) is 2. The van der Waals surface area contributed by atoms with Gasteiger partial charge in [-0.3, -0.25) is 4.57 Å². The van der Waals surface area contributed by atoms with Crippen molar-refractivity contribution >= 4 is 5.97 Å². The van der Waals surface area contributed by atoms with E-state index in [1.54, 1.807) is 25.3 Å². The summed E-state index contributed by atoms with van der Waals surface area (Å²) in [5.74, 6) is -0.997. The molecule has 0 atom stereocenters. The van der Waals surface area contributed by atoms with Gasteiger partial charge in [-0.05, 0) is 24.6 Å². The normalized spacial score (nSPS) is 10.3. The van der Waals surface area contributed by atoms with Gasteiger partial charge in [0.05, 0.1) is 11.3 Å². The maximum atomic E-state index is 11.3. The van der Waals surface area contributed by atoms with Gasteiger partial charge in [0.2, 0.25) is 0 Å². The van der Waals surface area contributed by atoms with Crippen molar-refractivity contribution in [1.29, 1.82) is 0 Å². The first-order valence-corrected chi connectivity index (χ1v) is 4.70. The van der Waals surface area contributed by atoms with E-state index in [2.05, 4.69) is 4.98 Å². The lowest BCUT2D eigenvalue weighted by Crippen LogP contribution is -2.14. The molecule has 0 aliphatic carbocycles. The van der Waals surface area contributed by atoms with E-state index in [1.807, 2.05) is 0 Å². The molecule has 1 aromatic heterocycles. The van der Waals surface area contributed by atoms with Crippen molar-refractivity contribution in [2.24, 2.45) is 0 Å². The fraction of sp³-hybridized carbons (Fsp3) is 0.0909. The van der Waals surface area contributed by atoms with Gasteiger partial charge in [0.15, 0.2) is 0 Å². The molecule has 2 aromatic rings. The molecule has 0 radical (unpaired) electrons. The molecule has 0 saturated heterocycles.